The average molecular weight is 683 g/mol. The van der Waals surface area contributed by atoms with Gasteiger partial charge in [0.05, 0.1) is 35.0 Å². The van der Waals surface area contributed by atoms with Crippen LogP contribution in [0.5, 0.6) is 0 Å². The van der Waals surface area contributed by atoms with E-state index >= 15 is 0 Å². The van der Waals surface area contributed by atoms with Crippen LogP contribution in [0.25, 0.3) is 44.4 Å². The number of aromatic amines is 2. The van der Waals surface area contributed by atoms with Crippen LogP contribution in [0.15, 0.2) is 24.3 Å². The van der Waals surface area contributed by atoms with Gasteiger partial charge in [0.15, 0.2) is 0 Å². The van der Waals surface area contributed by atoms with Crippen LogP contribution in [-0.4, -0.2) is 68.1 Å². The first-order chi connectivity index (χ1) is 23.8. The molecule has 2 unspecified atom stereocenters. The normalized spacial score (nSPS) is 14.3. The van der Waals surface area contributed by atoms with E-state index in [-0.39, 0.29) is 24.7 Å². The quantitative estimate of drug-likeness (QED) is 0.135. The highest BCUT2D eigenvalue weighted by molar-refractivity contribution is 5.97. The highest BCUT2D eigenvalue weighted by Crippen LogP contribution is 2.39. The van der Waals surface area contributed by atoms with E-state index in [9.17, 15) is 19.8 Å². The number of aliphatic hydroxyl groups is 2. The van der Waals surface area contributed by atoms with E-state index < -0.39 is 12.2 Å². The van der Waals surface area contributed by atoms with Gasteiger partial charge in [0.25, 0.3) is 0 Å². The van der Waals surface area contributed by atoms with Crippen LogP contribution in [-0.2, 0) is 9.59 Å². The Morgan fingerprint density at radius 3 is 1.48 bits per heavy atom. The molecule has 0 saturated heterocycles. The second kappa shape index (κ2) is 15.5. The van der Waals surface area contributed by atoms with Crippen molar-refractivity contribution >= 4 is 56.2 Å². The Balaban J connectivity index is 1.82. The van der Waals surface area contributed by atoms with Gasteiger partial charge in [-0.05, 0) is 112 Å². The van der Waals surface area contributed by atoms with Crippen LogP contribution in [0.3, 0.4) is 0 Å². The molecular formula is C38H50N8O4. The van der Waals surface area contributed by atoms with Crippen LogP contribution < -0.4 is 22.1 Å². The fraction of sp³-hybridized carbons (Fsp3) is 0.421. The van der Waals surface area contributed by atoms with Crippen molar-refractivity contribution in [2.75, 3.05) is 26.2 Å². The maximum Gasteiger partial charge on any atom is 0.220 e. The van der Waals surface area contributed by atoms with E-state index in [2.05, 4.69) is 20.6 Å². The molecule has 2 amide bonds. The second-order valence-electron chi connectivity index (χ2n) is 13.2. The summed E-state index contributed by atoms with van der Waals surface area (Å²) in [6.45, 7) is 12.9. The average Bonchev–Trinajstić information content (AvgIpc) is 3.73. The SMILES string of the molecule is CC1=C(CCC(=O)NCCN)c2cc3nc(cc4[nH]c(cc5[nH]c(cc1n2)c(C)c5C(C)O)c(C)c4C(C)O)C(C)=C3CCC(=O)NCCN. The van der Waals surface area contributed by atoms with Gasteiger partial charge in [-0.15, -0.1) is 0 Å². The standard InChI is InChI=1S/C38H50N8O4/c1-19-25(7-9-35(49)41-13-11-39)31-18-32-26(8-10-36(50)42-14-12-40)20(2)28(44-32)16-33-38(24(6)48)22(4)30(46-33)17-34-37(23(5)47)21(3)29(45-34)15-27(19)43-31/h15-18,23-24,45-48H,7-14,39-40H2,1-6H3,(H,41,49)(H,42,50). The number of nitrogens with zero attached hydrogens (tertiary/aromatic N) is 2. The van der Waals surface area contributed by atoms with Crippen molar-refractivity contribution in [3.8, 4) is 0 Å². The lowest BCUT2D eigenvalue weighted by Crippen LogP contribution is -2.28. The molecule has 2 atom stereocenters. The number of aryl methyl sites for hydroxylation is 2. The highest BCUT2D eigenvalue weighted by atomic mass is 16.3. The number of hydrogen-bond donors (Lipinski definition) is 8. The summed E-state index contributed by atoms with van der Waals surface area (Å²) in [5.74, 6) is -0.187. The predicted molar refractivity (Wildman–Crippen MR) is 199 cm³/mol. The molecule has 2 aliphatic rings. The van der Waals surface area contributed by atoms with Crippen molar-refractivity contribution < 1.29 is 19.8 Å². The largest absolute Gasteiger partial charge is 0.389 e. The summed E-state index contributed by atoms with van der Waals surface area (Å²) in [4.78, 5) is 42.6. The van der Waals surface area contributed by atoms with Crippen molar-refractivity contribution in [2.45, 2.75) is 79.4 Å². The molecule has 12 heteroatoms. The number of aliphatic hydroxyl groups excluding tert-OH is 2. The fourth-order valence-electron chi connectivity index (χ4n) is 6.93. The molecule has 0 fully saturated rings. The molecule has 5 heterocycles. The molecule has 0 aromatic carbocycles. The number of fused-ring (bicyclic) bond motifs is 8. The summed E-state index contributed by atoms with van der Waals surface area (Å²) >= 11 is 0. The zero-order valence-corrected chi connectivity index (χ0v) is 29.9. The lowest BCUT2D eigenvalue weighted by Gasteiger charge is -2.08. The molecule has 0 saturated carbocycles. The zero-order valence-electron chi connectivity index (χ0n) is 29.9. The van der Waals surface area contributed by atoms with Gasteiger partial charge in [-0.3, -0.25) is 9.59 Å². The number of rotatable bonds is 12. The minimum atomic E-state index is -0.765. The molecular weight excluding hydrogens is 632 g/mol. The Labute approximate surface area is 292 Å². The number of allylic oxidation sites excluding steroid dienone is 4. The summed E-state index contributed by atoms with van der Waals surface area (Å²) in [5, 5.41) is 27.5. The first-order valence-corrected chi connectivity index (χ1v) is 17.3. The third kappa shape index (κ3) is 7.58. The number of carbonyl (C=O) groups excluding carboxylic acids is 2. The minimum Gasteiger partial charge on any atom is -0.389 e. The van der Waals surface area contributed by atoms with E-state index in [1.807, 2.05) is 52.0 Å². The van der Waals surface area contributed by atoms with Crippen LogP contribution in [0.2, 0.25) is 0 Å². The summed E-state index contributed by atoms with van der Waals surface area (Å²) in [6, 6.07) is 7.84. The van der Waals surface area contributed by atoms with Crippen molar-refractivity contribution in [1.29, 1.82) is 0 Å². The number of hydrogen-bond acceptors (Lipinski definition) is 8. The van der Waals surface area contributed by atoms with Crippen molar-refractivity contribution in [3.05, 3.63) is 69.3 Å². The van der Waals surface area contributed by atoms with E-state index in [0.29, 0.717) is 56.1 Å². The molecule has 2 aliphatic heterocycles. The van der Waals surface area contributed by atoms with Crippen LogP contribution in [0.4, 0.5) is 0 Å². The Morgan fingerprint density at radius 2 is 1.06 bits per heavy atom. The monoisotopic (exact) mass is 682 g/mol. The van der Waals surface area contributed by atoms with E-state index in [4.69, 9.17) is 21.4 Å². The molecule has 12 nitrogen and oxygen atoms in total. The van der Waals surface area contributed by atoms with Gasteiger partial charge in [0, 0.05) is 72.2 Å². The Hall–Kier alpha value is -4.62. The summed E-state index contributed by atoms with van der Waals surface area (Å²) in [7, 11) is 0. The summed E-state index contributed by atoms with van der Waals surface area (Å²) < 4.78 is 0. The van der Waals surface area contributed by atoms with Crippen molar-refractivity contribution in [3.63, 3.8) is 0 Å². The third-order valence-electron chi connectivity index (χ3n) is 9.61. The molecule has 5 rings (SSSR count). The molecule has 266 valence electrons. The second-order valence-corrected chi connectivity index (χ2v) is 13.2. The lowest BCUT2D eigenvalue weighted by molar-refractivity contribution is -0.121. The minimum absolute atomic E-state index is 0.0921. The Kier molecular flexibility index (Phi) is 11.4. The lowest BCUT2D eigenvalue weighted by atomic mass is 9.98. The van der Waals surface area contributed by atoms with Crippen molar-refractivity contribution in [1.82, 2.24) is 30.6 Å². The van der Waals surface area contributed by atoms with Gasteiger partial charge in [-0.25, -0.2) is 9.97 Å². The molecule has 0 spiro atoms. The van der Waals surface area contributed by atoms with Gasteiger partial charge in [-0.2, -0.15) is 0 Å². The number of carbonyl (C=O) groups is 2. The number of nitrogens with two attached hydrogens (primary N) is 2. The van der Waals surface area contributed by atoms with Gasteiger partial charge < -0.3 is 42.3 Å². The Bertz CT molecular complexity index is 2030. The van der Waals surface area contributed by atoms with Gasteiger partial charge in [-0.1, -0.05) is 0 Å². The van der Waals surface area contributed by atoms with E-state index in [0.717, 1.165) is 72.3 Å². The number of H-pyrrole nitrogens is 2. The molecule has 8 bridgehead atoms. The Morgan fingerprint density at radius 1 is 0.660 bits per heavy atom. The van der Waals surface area contributed by atoms with Crippen LogP contribution in [0, 0.1) is 13.8 Å². The molecule has 0 aliphatic carbocycles. The van der Waals surface area contributed by atoms with Crippen LogP contribution >= 0.6 is 0 Å². The third-order valence-corrected chi connectivity index (χ3v) is 9.61. The van der Waals surface area contributed by atoms with E-state index in [1.54, 1.807) is 13.8 Å². The van der Waals surface area contributed by atoms with Gasteiger partial charge in [0.1, 0.15) is 0 Å². The molecule has 0 radical (unpaired) electrons. The zero-order chi connectivity index (χ0) is 36.3. The smallest absolute Gasteiger partial charge is 0.220 e. The fourth-order valence-corrected chi connectivity index (χ4v) is 6.93. The number of amides is 2. The highest BCUT2D eigenvalue weighted by Gasteiger charge is 2.24. The number of nitrogens with one attached hydrogen (secondary N) is 4. The van der Waals surface area contributed by atoms with Crippen LogP contribution in [0.1, 0.15) is 111 Å². The van der Waals surface area contributed by atoms with Gasteiger partial charge >= 0.3 is 0 Å². The van der Waals surface area contributed by atoms with Crippen molar-refractivity contribution in [2.24, 2.45) is 11.5 Å². The summed E-state index contributed by atoms with van der Waals surface area (Å²) in [5.41, 5.74) is 24.1. The molecule has 10 N–H and O–H groups in total. The molecule has 50 heavy (non-hydrogen) atoms. The van der Waals surface area contributed by atoms with E-state index in [1.165, 1.54) is 0 Å². The topological polar surface area (TPSA) is 208 Å². The maximum absolute atomic E-state index is 12.7. The molecule has 3 aromatic rings. The number of aromatic nitrogens is 4. The summed E-state index contributed by atoms with van der Waals surface area (Å²) in [6.07, 6.45) is -0.0940. The van der Waals surface area contributed by atoms with Gasteiger partial charge in [0.2, 0.25) is 11.8 Å². The maximum atomic E-state index is 12.7. The first-order valence-electron chi connectivity index (χ1n) is 17.3. The molecule has 3 aromatic heterocycles. The predicted octanol–water partition coefficient (Wildman–Crippen LogP) is 4.61. The first kappa shape index (κ1) is 36.7.